The molecular weight excluding hydrogens is 377 g/mol. The highest BCUT2D eigenvalue weighted by Gasteiger charge is 2.24. The molecule has 0 radical (unpaired) electrons. The van der Waals surface area contributed by atoms with E-state index < -0.39 is 5.95 Å². The summed E-state index contributed by atoms with van der Waals surface area (Å²) in [6, 6.07) is 12.1. The van der Waals surface area contributed by atoms with Crippen molar-refractivity contribution in [3.63, 3.8) is 0 Å². The van der Waals surface area contributed by atoms with Crippen molar-refractivity contribution < 1.29 is 14.0 Å². The van der Waals surface area contributed by atoms with Crippen LogP contribution in [0.2, 0.25) is 0 Å². The van der Waals surface area contributed by atoms with Gasteiger partial charge in [0.2, 0.25) is 5.95 Å². The second kappa shape index (κ2) is 7.52. The first-order chi connectivity index (χ1) is 13.5. The van der Waals surface area contributed by atoms with Gasteiger partial charge in [-0.15, -0.1) is 11.3 Å². The Balaban J connectivity index is 1.52. The van der Waals surface area contributed by atoms with Gasteiger partial charge in [0.15, 0.2) is 0 Å². The number of aryl methyl sites for hydroxylation is 1. The SMILES string of the molecule is Cc1ccc(C(=O)NC2CC2)cc1NC(=O)c1ccc(-c2cccnc2F)s1. The molecule has 0 saturated heterocycles. The molecule has 28 heavy (non-hydrogen) atoms. The molecule has 2 amide bonds. The Hall–Kier alpha value is -3.06. The van der Waals surface area contributed by atoms with Crippen molar-refractivity contribution in [2.45, 2.75) is 25.8 Å². The number of hydrogen-bond acceptors (Lipinski definition) is 4. The zero-order chi connectivity index (χ0) is 19.7. The van der Waals surface area contributed by atoms with Crippen LogP contribution in [0.25, 0.3) is 10.4 Å². The molecule has 1 fully saturated rings. The molecule has 1 aromatic carbocycles. The zero-order valence-electron chi connectivity index (χ0n) is 15.2. The molecule has 1 aliphatic carbocycles. The molecule has 2 N–H and O–H groups in total. The molecule has 2 heterocycles. The molecule has 5 nitrogen and oxygen atoms in total. The molecule has 1 saturated carbocycles. The average Bonchev–Trinajstić information content (AvgIpc) is 3.36. The van der Waals surface area contributed by atoms with E-state index in [0.29, 0.717) is 26.6 Å². The lowest BCUT2D eigenvalue weighted by Gasteiger charge is -2.10. The number of nitrogens with zero attached hydrogens (tertiary/aromatic N) is 1. The number of nitrogens with one attached hydrogen (secondary N) is 2. The summed E-state index contributed by atoms with van der Waals surface area (Å²) in [6.07, 6.45) is 3.41. The quantitative estimate of drug-likeness (QED) is 0.629. The maximum Gasteiger partial charge on any atom is 0.265 e. The Bertz CT molecular complexity index is 1060. The van der Waals surface area contributed by atoms with Crippen LogP contribution in [0.1, 0.15) is 38.4 Å². The number of hydrogen-bond donors (Lipinski definition) is 2. The normalized spacial score (nSPS) is 13.2. The van der Waals surface area contributed by atoms with Gasteiger partial charge in [0.05, 0.1) is 4.88 Å². The standard InChI is InChI=1S/C21H18FN3O2S/c1-12-4-5-13(20(26)24-14-6-7-14)11-16(12)25-21(27)18-9-8-17(28-18)15-3-2-10-23-19(15)22/h2-5,8-11,14H,6-7H2,1H3,(H,24,26)(H,25,27). The van der Waals surface area contributed by atoms with Crippen molar-refractivity contribution in [1.29, 1.82) is 0 Å². The Labute approximate surface area is 165 Å². The number of thiophene rings is 1. The highest BCUT2D eigenvalue weighted by atomic mass is 32.1. The molecular formula is C21H18FN3O2S. The van der Waals surface area contributed by atoms with Crippen LogP contribution in [0.4, 0.5) is 10.1 Å². The van der Waals surface area contributed by atoms with Gasteiger partial charge in [0.1, 0.15) is 0 Å². The highest BCUT2D eigenvalue weighted by molar-refractivity contribution is 7.17. The minimum atomic E-state index is -0.568. The highest BCUT2D eigenvalue weighted by Crippen LogP contribution is 2.30. The third-order valence-electron chi connectivity index (χ3n) is 4.51. The number of carbonyl (C=O) groups is 2. The van der Waals surface area contributed by atoms with Gasteiger partial charge in [0.25, 0.3) is 11.8 Å². The lowest BCUT2D eigenvalue weighted by Crippen LogP contribution is -2.25. The van der Waals surface area contributed by atoms with E-state index in [4.69, 9.17) is 0 Å². The Morgan fingerprint density at radius 3 is 2.71 bits per heavy atom. The predicted octanol–water partition coefficient (Wildman–Crippen LogP) is 4.40. The van der Waals surface area contributed by atoms with Crippen LogP contribution in [0.15, 0.2) is 48.7 Å². The second-order valence-corrected chi connectivity index (χ2v) is 7.82. The summed E-state index contributed by atoms with van der Waals surface area (Å²) in [5, 5.41) is 5.79. The van der Waals surface area contributed by atoms with E-state index in [9.17, 15) is 14.0 Å². The number of aromatic nitrogens is 1. The monoisotopic (exact) mass is 395 g/mol. The summed E-state index contributed by atoms with van der Waals surface area (Å²) in [6.45, 7) is 1.86. The number of halogens is 1. The summed E-state index contributed by atoms with van der Waals surface area (Å²) in [5.74, 6) is -1.01. The maximum absolute atomic E-state index is 13.9. The van der Waals surface area contributed by atoms with Crippen LogP contribution < -0.4 is 10.6 Å². The van der Waals surface area contributed by atoms with Gasteiger partial charge in [-0.3, -0.25) is 9.59 Å². The molecule has 0 spiro atoms. The lowest BCUT2D eigenvalue weighted by atomic mass is 10.1. The van der Waals surface area contributed by atoms with Crippen LogP contribution in [-0.2, 0) is 0 Å². The minimum Gasteiger partial charge on any atom is -0.349 e. The average molecular weight is 395 g/mol. The number of pyridine rings is 1. The summed E-state index contributed by atoms with van der Waals surface area (Å²) in [5.41, 5.74) is 2.31. The van der Waals surface area contributed by atoms with E-state index in [1.54, 1.807) is 36.4 Å². The molecule has 2 aromatic heterocycles. The summed E-state index contributed by atoms with van der Waals surface area (Å²) < 4.78 is 13.9. The number of rotatable bonds is 5. The summed E-state index contributed by atoms with van der Waals surface area (Å²) in [7, 11) is 0. The minimum absolute atomic E-state index is 0.136. The Morgan fingerprint density at radius 2 is 1.96 bits per heavy atom. The number of amides is 2. The summed E-state index contributed by atoms with van der Waals surface area (Å²) in [4.78, 5) is 29.6. The second-order valence-electron chi connectivity index (χ2n) is 6.74. The van der Waals surface area contributed by atoms with Gasteiger partial charge in [-0.05, 0) is 61.7 Å². The molecule has 0 aliphatic heterocycles. The smallest absolute Gasteiger partial charge is 0.265 e. The fourth-order valence-electron chi connectivity index (χ4n) is 2.75. The van der Waals surface area contributed by atoms with Crippen molar-refractivity contribution in [2.24, 2.45) is 0 Å². The van der Waals surface area contributed by atoms with Crippen molar-refractivity contribution in [3.05, 3.63) is 70.6 Å². The van der Waals surface area contributed by atoms with Crippen LogP contribution >= 0.6 is 11.3 Å². The maximum atomic E-state index is 13.9. The van der Waals surface area contributed by atoms with Gasteiger partial charge in [-0.25, -0.2) is 4.98 Å². The van der Waals surface area contributed by atoms with Crippen molar-refractivity contribution in [1.82, 2.24) is 10.3 Å². The zero-order valence-corrected chi connectivity index (χ0v) is 16.0. The Kier molecular flexibility index (Phi) is 4.92. The molecule has 7 heteroatoms. The van der Waals surface area contributed by atoms with Crippen molar-refractivity contribution >= 4 is 28.8 Å². The van der Waals surface area contributed by atoms with Crippen LogP contribution in [0.3, 0.4) is 0 Å². The molecule has 0 bridgehead atoms. The molecule has 1 aliphatic rings. The lowest BCUT2D eigenvalue weighted by molar-refractivity contribution is 0.0949. The number of anilines is 1. The number of benzene rings is 1. The topological polar surface area (TPSA) is 71.1 Å². The largest absolute Gasteiger partial charge is 0.349 e. The van der Waals surface area contributed by atoms with Crippen molar-refractivity contribution in [2.75, 3.05) is 5.32 Å². The van der Waals surface area contributed by atoms with Gasteiger partial charge in [-0.1, -0.05) is 6.07 Å². The molecule has 0 unspecified atom stereocenters. The Morgan fingerprint density at radius 1 is 1.14 bits per heavy atom. The molecule has 0 atom stereocenters. The van der Waals surface area contributed by atoms with E-state index in [2.05, 4.69) is 15.6 Å². The third-order valence-corrected chi connectivity index (χ3v) is 5.63. The van der Waals surface area contributed by atoms with E-state index in [1.807, 2.05) is 13.0 Å². The molecule has 4 rings (SSSR count). The van der Waals surface area contributed by atoms with E-state index in [0.717, 1.165) is 18.4 Å². The summed E-state index contributed by atoms with van der Waals surface area (Å²) >= 11 is 1.19. The van der Waals surface area contributed by atoms with Gasteiger partial charge < -0.3 is 10.6 Å². The predicted molar refractivity (Wildman–Crippen MR) is 107 cm³/mol. The number of carbonyl (C=O) groups excluding carboxylic acids is 2. The third kappa shape index (κ3) is 3.94. The molecule has 3 aromatic rings. The van der Waals surface area contributed by atoms with E-state index in [-0.39, 0.29) is 17.9 Å². The van der Waals surface area contributed by atoms with Crippen molar-refractivity contribution in [3.8, 4) is 10.4 Å². The first-order valence-electron chi connectivity index (χ1n) is 8.95. The first kappa shape index (κ1) is 18.3. The molecule has 142 valence electrons. The van der Waals surface area contributed by atoms with E-state index in [1.165, 1.54) is 17.5 Å². The van der Waals surface area contributed by atoms with Crippen LogP contribution in [0, 0.1) is 12.9 Å². The fourth-order valence-corrected chi connectivity index (χ4v) is 3.67. The van der Waals surface area contributed by atoms with Gasteiger partial charge >= 0.3 is 0 Å². The van der Waals surface area contributed by atoms with Crippen LogP contribution in [-0.4, -0.2) is 22.8 Å². The van der Waals surface area contributed by atoms with E-state index >= 15 is 0 Å². The first-order valence-corrected chi connectivity index (χ1v) is 9.76. The van der Waals surface area contributed by atoms with Crippen LogP contribution in [0.5, 0.6) is 0 Å². The fraction of sp³-hybridized carbons (Fsp3) is 0.190. The van der Waals surface area contributed by atoms with Gasteiger partial charge in [0, 0.05) is 33.9 Å². The van der Waals surface area contributed by atoms with Gasteiger partial charge in [-0.2, -0.15) is 4.39 Å².